The molecule has 26 heavy (non-hydrogen) atoms. The minimum atomic E-state index is -0.133. The highest BCUT2D eigenvalue weighted by Gasteiger charge is 2.24. The van der Waals surface area contributed by atoms with Gasteiger partial charge in [-0.1, -0.05) is 22.0 Å². The molecule has 0 aliphatic carbocycles. The Balaban J connectivity index is 1.36. The van der Waals surface area contributed by atoms with Crippen molar-refractivity contribution in [1.82, 2.24) is 9.80 Å². The Kier molecular flexibility index (Phi) is 4.74. The van der Waals surface area contributed by atoms with Crippen molar-refractivity contribution in [2.75, 3.05) is 33.0 Å². The van der Waals surface area contributed by atoms with Crippen LogP contribution in [0.5, 0.6) is 17.2 Å². The minimum absolute atomic E-state index is 0.0148. The van der Waals surface area contributed by atoms with Gasteiger partial charge < -0.3 is 19.5 Å². The number of benzene rings is 2. The molecule has 0 spiro atoms. The second-order valence-corrected chi connectivity index (χ2v) is 7.33. The normalized spacial score (nSPS) is 16.7. The smallest absolute Gasteiger partial charge is 0.257 e. The van der Waals surface area contributed by atoms with Gasteiger partial charge in [0, 0.05) is 37.2 Å². The van der Waals surface area contributed by atoms with Gasteiger partial charge in [-0.05, 0) is 35.9 Å². The van der Waals surface area contributed by atoms with Gasteiger partial charge in [0.1, 0.15) is 5.75 Å². The molecule has 0 atom stereocenters. The zero-order valence-corrected chi connectivity index (χ0v) is 15.7. The van der Waals surface area contributed by atoms with Gasteiger partial charge in [0.05, 0.1) is 5.56 Å². The van der Waals surface area contributed by atoms with E-state index in [0.717, 1.165) is 35.6 Å². The fraction of sp³-hybridized carbons (Fsp3) is 0.316. The van der Waals surface area contributed by atoms with Crippen LogP contribution in [0.25, 0.3) is 0 Å². The number of ether oxygens (including phenoxy) is 2. The van der Waals surface area contributed by atoms with Gasteiger partial charge in [0.15, 0.2) is 11.5 Å². The molecule has 0 saturated carbocycles. The molecule has 0 aromatic heterocycles. The number of hydrogen-bond donors (Lipinski definition) is 1. The van der Waals surface area contributed by atoms with E-state index in [1.54, 1.807) is 17.0 Å². The van der Waals surface area contributed by atoms with E-state index in [9.17, 15) is 9.90 Å². The van der Waals surface area contributed by atoms with Gasteiger partial charge in [-0.3, -0.25) is 9.69 Å². The fourth-order valence-electron chi connectivity index (χ4n) is 3.26. The molecule has 2 aromatic carbocycles. The molecule has 2 aromatic rings. The lowest BCUT2D eigenvalue weighted by Crippen LogP contribution is -2.48. The molecular weight excluding hydrogens is 400 g/mol. The summed E-state index contributed by atoms with van der Waals surface area (Å²) in [5.74, 6) is 1.46. The number of halogens is 1. The summed E-state index contributed by atoms with van der Waals surface area (Å²) in [6, 6.07) is 10.9. The Morgan fingerprint density at radius 3 is 2.62 bits per heavy atom. The lowest BCUT2D eigenvalue weighted by atomic mass is 10.1. The Morgan fingerprint density at radius 1 is 1.04 bits per heavy atom. The van der Waals surface area contributed by atoms with Crippen molar-refractivity contribution in [3.8, 4) is 17.2 Å². The van der Waals surface area contributed by atoms with Crippen LogP contribution >= 0.6 is 15.9 Å². The van der Waals surface area contributed by atoms with Gasteiger partial charge in [0.2, 0.25) is 6.79 Å². The van der Waals surface area contributed by atoms with Crippen LogP contribution in [0.1, 0.15) is 15.9 Å². The summed E-state index contributed by atoms with van der Waals surface area (Å²) in [7, 11) is 0. The first kappa shape index (κ1) is 17.2. The average Bonchev–Trinajstić information content (AvgIpc) is 3.11. The summed E-state index contributed by atoms with van der Waals surface area (Å²) < 4.78 is 11.5. The van der Waals surface area contributed by atoms with Crippen LogP contribution in [0.2, 0.25) is 0 Å². The molecule has 6 nitrogen and oxygen atoms in total. The lowest BCUT2D eigenvalue weighted by Gasteiger charge is -2.35. The summed E-state index contributed by atoms with van der Waals surface area (Å²) in [6.07, 6.45) is 0. The molecule has 4 rings (SSSR count). The largest absolute Gasteiger partial charge is 0.507 e. The van der Waals surface area contributed by atoms with Gasteiger partial charge in [0.25, 0.3) is 5.91 Å². The Labute approximate surface area is 160 Å². The van der Waals surface area contributed by atoms with E-state index in [-0.39, 0.29) is 18.4 Å². The average molecular weight is 419 g/mol. The molecule has 7 heteroatoms. The number of carbonyl (C=O) groups excluding carboxylic acids is 1. The molecule has 2 heterocycles. The van der Waals surface area contributed by atoms with Crippen molar-refractivity contribution in [3.63, 3.8) is 0 Å². The predicted octanol–water partition coefficient (Wildman–Crippen LogP) is 2.84. The third-order valence-corrected chi connectivity index (χ3v) is 5.18. The number of fused-ring (bicyclic) bond motifs is 1. The van der Waals surface area contributed by atoms with Crippen LogP contribution < -0.4 is 9.47 Å². The first-order valence-corrected chi connectivity index (χ1v) is 9.28. The molecule has 0 bridgehead atoms. The van der Waals surface area contributed by atoms with Crippen molar-refractivity contribution in [1.29, 1.82) is 0 Å². The lowest BCUT2D eigenvalue weighted by molar-refractivity contribution is 0.0625. The maximum absolute atomic E-state index is 12.7. The van der Waals surface area contributed by atoms with Crippen molar-refractivity contribution in [2.24, 2.45) is 0 Å². The van der Waals surface area contributed by atoms with Crippen molar-refractivity contribution in [2.45, 2.75) is 6.54 Å². The highest BCUT2D eigenvalue weighted by atomic mass is 79.9. The van der Waals surface area contributed by atoms with Gasteiger partial charge in [-0.15, -0.1) is 0 Å². The number of phenols is 1. The van der Waals surface area contributed by atoms with Crippen molar-refractivity contribution < 1.29 is 19.4 Å². The summed E-state index contributed by atoms with van der Waals surface area (Å²) in [6.45, 7) is 3.93. The van der Waals surface area contributed by atoms with Crippen LogP contribution in [0.3, 0.4) is 0 Å². The molecule has 0 unspecified atom stereocenters. The van der Waals surface area contributed by atoms with E-state index >= 15 is 0 Å². The molecule has 0 radical (unpaired) electrons. The van der Waals surface area contributed by atoms with E-state index in [1.165, 1.54) is 11.6 Å². The number of hydrogen-bond acceptors (Lipinski definition) is 5. The zero-order chi connectivity index (χ0) is 18.1. The number of carbonyl (C=O) groups is 1. The van der Waals surface area contributed by atoms with E-state index in [1.807, 2.05) is 18.2 Å². The van der Waals surface area contributed by atoms with Crippen LogP contribution in [0.4, 0.5) is 0 Å². The van der Waals surface area contributed by atoms with E-state index in [0.29, 0.717) is 18.7 Å². The summed E-state index contributed by atoms with van der Waals surface area (Å²) >= 11 is 3.35. The first-order chi connectivity index (χ1) is 12.6. The summed E-state index contributed by atoms with van der Waals surface area (Å²) in [4.78, 5) is 16.8. The summed E-state index contributed by atoms with van der Waals surface area (Å²) in [5.41, 5.74) is 1.50. The van der Waals surface area contributed by atoms with E-state index < -0.39 is 0 Å². The molecule has 2 aliphatic rings. The Hall–Kier alpha value is -2.25. The highest BCUT2D eigenvalue weighted by molar-refractivity contribution is 9.10. The van der Waals surface area contributed by atoms with Crippen molar-refractivity contribution in [3.05, 3.63) is 52.0 Å². The quantitative estimate of drug-likeness (QED) is 0.829. The molecule has 1 amide bonds. The van der Waals surface area contributed by atoms with E-state index in [2.05, 4.69) is 20.8 Å². The SMILES string of the molecule is O=C(c1cc(Br)ccc1O)N1CCN(Cc2ccc3c(c2)OCO3)CC1. The Bertz CT molecular complexity index is 834. The number of amides is 1. The predicted molar refractivity (Wildman–Crippen MR) is 99.6 cm³/mol. The Morgan fingerprint density at radius 2 is 1.81 bits per heavy atom. The van der Waals surface area contributed by atoms with E-state index in [4.69, 9.17) is 9.47 Å². The minimum Gasteiger partial charge on any atom is -0.507 e. The van der Waals surface area contributed by atoms with Gasteiger partial charge >= 0.3 is 0 Å². The monoisotopic (exact) mass is 418 g/mol. The molecule has 136 valence electrons. The third-order valence-electron chi connectivity index (χ3n) is 4.69. The van der Waals surface area contributed by atoms with Gasteiger partial charge in [-0.2, -0.15) is 0 Å². The number of rotatable bonds is 3. The fourth-order valence-corrected chi connectivity index (χ4v) is 3.62. The second-order valence-electron chi connectivity index (χ2n) is 6.42. The number of aromatic hydroxyl groups is 1. The molecule has 1 saturated heterocycles. The number of piperazine rings is 1. The van der Waals surface area contributed by atoms with Crippen LogP contribution in [-0.4, -0.2) is 53.8 Å². The maximum Gasteiger partial charge on any atom is 0.257 e. The highest BCUT2D eigenvalue weighted by Crippen LogP contribution is 2.33. The molecule has 2 aliphatic heterocycles. The molecule has 1 fully saturated rings. The molecule has 1 N–H and O–H groups in total. The van der Waals surface area contributed by atoms with Gasteiger partial charge in [-0.25, -0.2) is 0 Å². The van der Waals surface area contributed by atoms with Crippen LogP contribution in [-0.2, 0) is 6.54 Å². The third kappa shape index (κ3) is 3.50. The van der Waals surface area contributed by atoms with Crippen LogP contribution in [0, 0.1) is 0 Å². The molecular formula is C19H19BrN2O4. The zero-order valence-electron chi connectivity index (χ0n) is 14.2. The number of nitrogens with zero attached hydrogens (tertiary/aromatic N) is 2. The van der Waals surface area contributed by atoms with Crippen molar-refractivity contribution >= 4 is 21.8 Å². The maximum atomic E-state index is 12.7. The summed E-state index contributed by atoms with van der Waals surface area (Å²) in [5, 5.41) is 9.96. The van der Waals surface area contributed by atoms with Crippen LogP contribution in [0.15, 0.2) is 40.9 Å². The number of phenolic OH excluding ortho intramolecular Hbond substituents is 1. The first-order valence-electron chi connectivity index (χ1n) is 8.49. The topological polar surface area (TPSA) is 62.2 Å². The second kappa shape index (κ2) is 7.17. The standard InChI is InChI=1S/C19H19BrN2O4/c20-14-2-3-16(23)15(10-14)19(24)22-7-5-21(6-8-22)11-13-1-4-17-18(9-13)26-12-25-17/h1-4,9-10,23H,5-8,11-12H2.